The smallest absolute Gasteiger partial charge is 0.305 e. The Balaban J connectivity index is 2.61. The van der Waals surface area contributed by atoms with E-state index >= 15 is 0 Å². The summed E-state index contributed by atoms with van der Waals surface area (Å²) in [4.78, 5) is 0. The van der Waals surface area contributed by atoms with E-state index in [4.69, 9.17) is 20.6 Å². The molecule has 1 aromatic carbocycles. The van der Waals surface area contributed by atoms with Gasteiger partial charge in [-0.3, -0.25) is 4.57 Å². The Hall–Kier alpha value is -0.600. The first-order valence-corrected chi connectivity index (χ1v) is 8.33. The van der Waals surface area contributed by atoms with Gasteiger partial charge < -0.3 is 9.05 Å². The van der Waals surface area contributed by atoms with Crippen LogP contribution in [0, 0.1) is 0 Å². The molecule has 0 aromatic heterocycles. The summed E-state index contributed by atoms with van der Waals surface area (Å²) in [5.41, 5.74) is 1.21. The van der Waals surface area contributed by atoms with Gasteiger partial charge in [0.05, 0.1) is 13.2 Å². The molecule has 0 heterocycles. The minimum Gasteiger partial charge on any atom is -0.305 e. The standard InChI is InChI=1S/C14H20ClO3P/c1-3-17-19(16,18-4-2)14(15)12-8-11-13-9-6-5-7-10-13/h5-7,9-10,12H,3-4,8,11H2,1-2H3/b14-12+. The van der Waals surface area contributed by atoms with Gasteiger partial charge in [-0.2, -0.15) is 0 Å². The van der Waals surface area contributed by atoms with E-state index in [1.807, 2.05) is 30.3 Å². The molecule has 0 aliphatic rings. The van der Waals surface area contributed by atoms with Crippen molar-refractivity contribution < 1.29 is 13.6 Å². The van der Waals surface area contributed by atoms with Crippen molar-refractivity contribution in [2.24, 2.45) is 0 Å². The molecule has 0 aliphatic heterocycles. The molecule has 0 amide bonds. The van der Waals surface area contributed by atoms with Gasteiger partial charge in [-0.15, -0.1) is 0 Å². The molecule has 0 atom stereocenters. The van der Waals surface area contributed by atoms with Crippen LogP contribution in [0.15, 0.2) is 41.2 Å². The Morgan fingerprint density at radius 2 is 1.79 bits per heavy atom. The lowest BCUT2D eigenvalue weighted by molar-refractivity contribution is 0.228. The van der Waals surface area contributed by atoms with Gasteiger partial charge in [-0.25, -0.2) is 0 Å². The molecule has 0 bridgehead atoms. The van der Waals surface area contributed by atoms with Crippen LogP contribution in [0.2, 0.25) is 0 Å². The van der Waals surface area contributed by atoms with Gasteiger partial charge in [0, 0.05) is 0 Å². The summed E-state index contributed by atoms with van der Waals surface area (Å²) in [7, 11) is -3.31. The third-order valence-electron chi connectivity index (χ3n) is 2.45. The Morgan fingerprint density at radius 1 is 1.21 bits per heavy atom. The van der Waals surface area contributed by atoms with Crippen molar-refractivity contribution >= 4 is 19.2 Å². The van der Waals surface area contributed by atoms with Crippen LogP contribution in [0.5, 0.6) is 0 Å². The van der Waals surface area contributed by atoms with E-state index in [1.165, 1.54) is 5.56 Å². The fraction of sp³-hybridized carbons (Fsp3) is 0.429. The van der Waals surface area contributed by atoms with Crippen LogP contribution < -0.4 is 0 Å². The number of halogens is 1. The molecule has 0 aliphatic carbocycles. The van der Waals surface area contributed by atoms with Crippen LogP contribution in [-0.2, 0) is 20.0 Å². The lowest BCUT2D eigenvalue weighted by atomic mass is 10.1. The van der Waals surface area contributed by atoms with Crippen molar-refractivity contribution in [2.45, 2.75) is 26.7 Å². The lowest BCUT2D eigenvalue weighted by Crippen LogP contribution is -1.96. The minimum atomic E-state index is -3.31. The maximum Gasteiger partial charge on any atom is 0.372 e. The lowest BCUT2D eigenvalue weighted by Gasteiger charge is -2.15. The fourth-order valence-corrected chi connectivity index (χ4v) is 3.37. The van der Waals surface area contributed by atoms with E-state index in [2.05, 4.69) is 0 Å². The number of hydrogen-bond acceptors (Lipinski definition) is 3. The van der Waals surface area contributed by atoms with Gasteiger partial charge in [-0.05, 0) is 32.3 Å². The molecule has 3 nitrogen and oxygen atoms in total. The predicted molar refractivity (Wildman–Crippen MR) is 79.6 cm³/mol. The number of aryl methyl sites for hydroxylation is 1. The molecular weight excluding hydrogens is 283 g/mol. The van der Waals surface area contributed by atoms with Crippen molar-refractivity contribution in [2.75, 3.05) is 13.2 Å². The van der Waals surface area contributed by atoms with Crippen molar-refractivity contribution in [3.05, 3.63) is 46.7 Å². The molecule has 1 rings (SSSR count). The number of rotatable bonds is 8. The topological polar surface area (TPSA) is 35.5 Å². The zero-order valence-corrected chi connectivity index (χ0v) is 13.0. The van der Waals surface area contributed by atoms with Crippen molar-refractivity contribution in [1.82, 2.24) is 0 Å². The van der Waals surface area contributed by atoms with E-state index in [1.54, 1.807) is 19.9 Å². The molecular formula is C14H20ClO3P. The molecule has 5 heteroatoms. The monoisotopic (exact) mass is 302 g/mol. The summed E-state index contributed by atoms with van der Waals surface area (Å²) in [5.74, 6) is 0. The SMILES string of the molecule is CCOP(=O)(OCC)/C(Cl)=C/CCc1ccccc1. The number of hydrogen-bond donors (Lipinski definition) is 0. The van der Waals surface area contributed by atoms with E-state index in [-0.39, 0.29) is 4.77 Å². The molecule has 19 heavy (non-hydrogen) atoms. The van der Waals surface area contributed by atoms with Crippen LogP contribution in [0.25, 0.3) is 0 Å². The highest BCUT2D eigenvalue weighted by atomic mass is 35.5. The highest BCUT2D eigenvalue weighted by Crippen LogP contribution is 2.57. The minimum absolute atomic E-state index is 0.173. The van der Waals surface area contributed by atoms with E-state index in [0.717, 1.165) is 6.42 Å². The Kier molecular flexibility index (Phi) is 7.40. The summed E-state index contributed by atoms with van der Waals surface area (Å²) < 4.78 is 22.8. The third kappa shape index (κ3) is 5.50. The average molecular weight is 303 g/mol. The predicted octanol–water partition coefficient (Wildman–Crippen LogP) is 4.97. The first-order valence-electron chi connectivity index (χ1n) is 6.41. The summed E-state index contributed by atoms with van der Waals surface area (Å²) in [5, 5.41) is 0. The average Bonchev–Trinajstić information content (AvgIpc) is 2.40. The largest absolute Gasteiger partial charge is 0.372 e. The van der Waals surface area contributed by atoms with Crippen LogP contribution >= 0.6 is 19.2 Å². The van der Waals surface area contributed by atoms with Crippen molar-refractivity contribution in [3.8, 4) is 0 Å². The second-order valence-corrected chi connectivity index (χ2v) is 6.55. The summed E-state index contributed by atoms with van der Waals surface area (Å²) >= 11 is 6.06. The Labute approximate surface area is 120 Å². The molecule has 0 fully saturated rings. The van der Waals surface area contributed by atoms with Crippen molar-refractivity contribution in [3.63, 3.8) is 0 Å². The van der Waals surface area contributed by atoms with Crippen LogP contribution in [0.4, 0.5) is 0 Å². The fourth-order valence-electron chi connectivity index (χ4n) is 1.61. The van der Waals surface area contributed by atoms with Crippen molar-refractivity contribution in [1.29, 1.82) is 0 Å². The highest BCUT2D eigenvalue weighted by molar-refractivity contribution is 7.61. The number of allylic oxidation sites excluding steroid dienone is 1. The quantitative estimate of drug-likeness (QED) is 0.636. The normalized spacial score (nSPS) is 12.7. The Bertz CT molecular complexity index is 435. The molecule has 1 aromatic rings. The maximum atomic E-state index is 12.3. The second-order valence-electron chi connectivity index (χ2n) is 3.88. The number of benzene rings is 1. The van der Waals surface area contributed by atoms with E-state index in [0.29, 0.717) is 19.6 Å². The maximum absolute atomic E-state index is 12.3. The van der Waals surface area contributed by atoms with E-state index < -0.39 is 7.60 Å². The van der Waals surface area contributed by atoms with Gasteiger partial charge in [0.15, 0.2) is 0 Å². The summed E-state index contributed by atoms with van der Waals surface area (Å²) in [6.07, 6.45) is 3.27. The molecule has 106 valence electrons. The van der Waals surface area contributed by atoms with Crippen LogP contribution in [0.1, 0.15) is 25.8 Å². The van der Waals surface area contributed by atoms with Crippen LogP contribution in [0.3, 0.4) is 0 Å². The van der Waals surface area contributed by atoms with E-state index in [9.17, 15) is 4.57 Å². The van der Waals surface area contributed by atoms with Gasteiger partial charge in [-0.1, -0.05) is 48.0 Å². The molecule has 0 saturated carbocycles. The first-order chi connectivity index (χ1) is 9.12. The van der Waals surface area contributed by atoms with Gasteiger partial charge in [0.25, 0.3) is 0 Å². The van der Waals surface area contributed by atoms with Crippen LogP contribution in [-0.4, -0.2) is 13.2 Å². The first kappa shape index (κ1) is 16.5. The molecule has 0 radical (unpaired) electrons. The van der Waals surface area contributed by atoms with Gasteiger partial charge in [0.1, 0.15) is 4.77 Å². The zero-order valence-electron chi connectivity index (χ0n) is 11.3. The zero-order chi connectivity index (χ0) is 14.1. The summed E-state index contributed by atoms with van der Waals surface area (Å²) in [6.45, 7) is 4.14. The highest BCUT2D eigenvalue weighted by Gasteiger charge is 2.27. The Morgan fingerprint density at radius 3 is 2.32 bits per heavy atom. The third-order valence-corrected chi connectivity index (χ3v) is 5.13. The molecule has 0 saturated heterocycles. The molecule has 0 N–H and O–H groups in total. The molecule has 0 unspecified atom stereocenters. The van der Waals surface area contributed by atoms with Gasteiger partial charge >= 0.3 is 7.60 Å². The van der Waals surface area contributed by atoms with Gasteiger partial charge in [0.2, 0.25) is 0 Å². The summed E-state index contributed by atoms with van der Waals surface area (Å²) in [6, 6.07) is 10.1. The second kappa shape index (κ2) is 8.55. The molecule has 0 spiro atoms.